The average molecular weight is 177 g/mol. The second-order valence-electron chi connectivity index (χ2n) is 3.60. The summed E-state index contributed by atoms with van der Waals surface area (Å²) in [5, 5.41) is 0. The van der Waals surface area contributed by atoms with Crippen molar-refractivity contribution in [1.29, 1.82) is 0 Å². The zero-order valence-corrected chi connectivity index (χ0v) is 7.99. The third-order valence-electron chi connectivity index (χ3n) is 2.90. The molecule has 0 amide bonds. The van der Waals surface area contributed by atoms with E-state index in [1.165, 1.54) is 5.70 Å². The molecule has 2 aliphatic rings. The van der Waals surface area contributed by atoms with Crippen LogP contribution in [0, 0.1) is 5.92 Å². The maximum Gasteiger partial charge on any atom is 0.143 e. The van der Waals surface area contributed by atoms with Crippen molar-refractivity contribution < 1.29 is 4.79 Å². The van der Waals surface area contributed by atoms with Crippen molar-refractivity contribution >= 4 is 5.78 Å². The minimum Gasteiger partial charge on any atom is -0.374 e. The zero-order valence-electron chi connectivity index (χ0n) is 7.99. The van der Waals surface area contributed by atoms with Crippen LogP contribution in [0.5, 0.6) is 0 Å². The number of fused-ring (bicyclic) bond motifs is 1. The maximum atomic E-state index is 11.6. The molecular formula is C11H15NO. The smallest absolute Gasteiger partial charge is 0.143 e. The van der Waals surface area contributed by atoms with Crippen LogP contribution in [0.4, 0.5) is 0 Å². The van der Waals surface area contributed by atoms with E-state index >= 15 is 0 Å². The predicted octanol–water partition coefficient (Wildman–Crippen LogP) is 1.74. The molecule has 0 aromatic rings. The van der Waals surface area contributed by atoms with Gasteiger partial charge in [-0.3, -0.25) is 4.79 Å². The average Bonchev–Trinajstić information content (AvgIpc) is 2.19. The van der Waals surface area contributed by atoms with Gasteiger partial charge in [0.25, 0.3) is 0 Å². The topological polar surface area (TPSA) is 20.3 Å². The van der Waals surface area contributed by atoms with Gasteiger partial charge in [0.05, 0.1) is 5.92 Å². The van der Waals surface area contributed by atoms with E-state index in [4.69, 9.17) is 0 Å². The Morgan fingerprint density at radius 1 is 1.62 bits per heavy atom. The van der Waals surface area contributed by atoms with Gasteiger partial charge in [-0.25, -0.2) is 0 Å². The summed E-state index contributed by atoms with van der Waals surface area (Å²) < 4.78 is 0. The van der Waals surface area contributed by atoms with Crippen molar-refractivity contribution in [2.24, 2.45) is 5.92 Å². The molecule has 70 valence electrons. The molecule has 1 aliphatic carbocycles. The van der Waals surface area contributed by atoms with Crippen LogP contribution in [-0.2, 0) is 4.79 Å². The highest BCUT2D eigenvalue weighted by molar-refractivity contribution is 5.85. The zero-order chi connectivity index (χ0) is 9.26. The molecule has 2 nitrogen and oxygen atoms in total. The van der Waals surface area contributed by atoms with Gasteiger partial charge in [0.15, 0.2) is 0 Å². The number of hydrogen-bond acceptors (Lipinski definition) is 2. The SMILES string of the molecule is CCN1CCC(=O)C2CC=CC=C21. The molecule has 1 heterocycles. The van der Waals surface area contributed by atoms with Gasteiger partial charge in [-0.2, -0.15) is 0 Å². The Hall–Kier alpha value is -1.05. The summed E-state index contributed by atoms with van der Waals surface area (Å²) in [5.74, 6) is 0.582. The van der Waals surface area contributed by atoms with Crippen LogP contribution in [0.2, 0.25) is 0 Å². The van der Waals surface area contributed by atoms with Crippen molar-refractivity contribution in [3.05, 3.63) is 23.9 Å². The second kappa shape index (κ2) is 3.36. The van der Waals surface area contributed by atoms with E-state index in [9.17, 15) is 4.79 Å². The van der Waals surface area contributed by atoms with E-state index in [1.54, 1.807) is 0 Å². The van der Waals surface area contributed by atoms with Crippen molar-refractivity contribution in [3.63, 3.8) is 0 Å². The van der Waals surface area contributed by atoms with Crippen molar-refractivity contribution in [2.75, 3.05) is 13.1 Å². The van der Waals surface area contributed by atoms with Crippen molar-refractivity contribution in [1.82, 2.24) is 4.90 Å². The number of likely N-dealkylation sites (tertiary alicyclic amines) is 1. The Balaban J connectivity index is 2.26. The fourth-order valence-electron chi connectivity index (χ4n) is 2.13. The molecule has 1 aliphatic heterocycles. The number of allylic oxidation sites excluding steroid dienone is 4. The Kier molecular flexibility index (Phi) is 2.21. The van der Waals surface area contributed by atoms with Crippen LogP contribution < -0.4 is 0 Å². The standard InChI is InChI=1S/C11H15NO/c1-2-12-8-7-11(13)9-5-3-4-6-10(9)12/h3-4,6,9H,2,5,7-8H2,1H3. The second-order valence-corrected chi connectivity index (χ2v) is 3.60. The predicted molar refractivity (Wildman–Crippen MR) is 52.2 cm³/mol. The molecule has 1 atom stereocenters. The summed E-state index contributed by atoms with van der Waals surface area (Å²) in [5.41, 5.74) is 1.24. The molecule has 0 radical (unpaired) electrons. The molecule has 13 heavy (non-hydrogen) atoms. The third-order valence-corrected chi connectivity index (χ3v) is 2.90. The van der Waals surface area contributed by atoms with E-state index in [0.717, 1.165) is 25.9 Å². The highest BCUT2D eigenvalue weighted by Gasteiger charge is 2.30. The molecular weight excluding hydrogens is 162 g/mol. The fraction of sp³-hybridized carbons (Fsp3) is 0.545. The Bertz CT molecular complexity index is 278. The molecule has 0 aromatic carbocycles. The third kappa shape index (κ3) is 1.41. The molecule has 0 N–H and O–H groups in total. The molecule has 0 bridgehead atoms. The van der Waals surface area contributed by atoms with Gasteiger partial charge in [-0.15, -0.1) is 0 Å². The van der Waals surface area contributed by atoms with Crippen LogP contribution in [-0.4, -0.2) is 23.8 Å². The van der Waals surface area contributed by atoms with Gasteiger partial charge in [0.1, 0.15) is 5.78 Å². The highest BCUT2D eigenvalue weighted by atomic mass is 16.1. The normalized spacial score (nSPS) is 27.2. The highest BCUT2D eigenvalue weighted by Crippen LogP contribution is 2.29. The number of rotatable bonds is 1. The Morgan fingerprint density at radius 3 is 3.23 bits per heavy atom. The monoisotopic (exact) mass is 177 g/mol. The van der Waals surface area contributed by atoms with Gasteiger partial charge < -0.3 is 4.90 Å². The molecule has 0 spiro atoms. The first kappa shape index (κ1) is 8.54. The number of piperidine rings is 1. The molecule has 1 unspecified atom stereocenters. The summed E-state index contributed by atoms with van der Waals surface area (Å²) in [6.07, 6.45) is 7.87. The number of nitrogens with zero attached hydrogens (tertiary/aromatic N) is 1. The number of ketones is 1. The summed E-state index contributed by atoms with van der Waals surface area (Å²) in [4.78, 5) is 13.9. The quantitative estimate of drug-likeness (QED) is 0.608. The first-order chi connectivity index (χ1) is 6.33. The van der Waals surface area contributed by atoms with Crippen LogP contribution in [0.1, 0.15) is 19.8 Å². The van der Waals surface area contributed by atoms with Gasteiger partial charge in [-0.05, 0) is 19.4 Å². The van der Waals surface area contributed by atoms with E-state index in [2.05, 4.69) is 30.1 Å². The summed E-state index contributed by atoms with van der Waals surface area (Å²) in [7, 11) is 0. The lowest BCUT2D eigenvalue weighted by Gasteiger charge is -2.36. The first-order valence-corrected chi connectivity index (χ1v) is 4.97. The van der Waals surface area contributed by atoms with Gasteiger partial charge >= 0.3 is 0 Å². The number of Topliss-reactive ketones (excluding diaryl/α,β-unsaturated/α-hetero) is 1. The lowest BCUT2D eigenvalue weighted by Crippen LogP contribution is -2.39. The van der Waals surface area contributed by atoms with Crippen LogP contribution in [0.3, 0.4) is 0 Å². The number of hydrogen-bond donors (Lipinski definition) is 0. The van der Waals surface area contributed by atoms with Crippen LogP contribution in [0.25, 0.3) is 0 Å². The van der Waals surface area contributed by atoms with Gasteiger partial charge in [0, 0.05) is 25.2 Å². The minimum atomic E-state index is 0.165. The van der Waals surface area contributed by atoms with Crippen LogP contribution >= 0.6 is 0 Å². The summed E-state index contributed by atoms with van der Waals surface area (Å²) in [6.45, 7) is 4.07. The van der Waals surface area contributed by atoms with E-state index in [0.29, 0.717) is 5.78 Å². The summed E-state index contributed by atoms with van der Waals surface area (Å²) in [6, 6.07) is 0. The van der Waals surface area contributed by atoms with Gasteiger partial charge in [-0.1, -0.05) is 12.2 Å². The van der Waals surface area contributed by atoms with E-state index in [1.807, 2.05) is 0 Å². The lowest BCUT2D eigenvalue weighted by atomic mass is 9.87. The molecule has 2 rings (SSSR count). The molecule has 0 aromatic heterocycles. The fourth-order valence-corrected chi connectivity index (χ4v) is 2.13. The van der Waals surface area contributed by atoms with Gasteiger partial charge in [0.2, 0.25) is 0 Å². The summed E-state index contributed by atoms with van der Waals surface area (Å²) >= 11 is 0. The largest absolute Gasteiger partial charge is 0.374 e. The van der Waals surface area contributed by atoms with E-state index in [-0.39, 0.29) is 5.92 Å². The minimum absolute atomic E-state index is 0.165. The Labute approximate surface area is 78.9 Å². The van der Waals surface area contributed by atoms with Crippen molar-refractivity contribution in [2.45, 2.75) is 19.8 Å². The first-order valence-electron chi connectivity index (χ1n) is 4.97. The molecule has 0 saturated carbocycles. The maximum absolute atomic E-state index is 11.6. The molecule has 1 fully saturated rings. The lowest BCUT2D eigenvalue weighted by molar-refractivity contribution is -0.124. The van der Waals surface area contributed by atoms with E-state index < -0.39 is 0 Å². The number of carbonyl (C=O) groups excluding carboxylic acids is 1. The molecule has 2 heteroatoms. The molecule has 1 saturated heterocycles. The van der Waals surface area contributed by atoms with Crippen LogP contribution in [0.15, 0.2) is 23.9 Å². The Morgan fingerprint density at radius 2 is 2.46 bits per heavy atom. The van der Waals surface area contributed by atoms with Crippen molar-refractivity contribution in [3.8, 4) is 0 Å². The number of carbonyl (C=O) groups is 1.